The van der Waals surface area contributed by atoms with Crippen LogP contribution in [0.3, 0.4) is 0 Å². The Balaban J connectivity index is 1.64. The quantitative estimate of drug-likeness (QED) is 0.221. The Morgan fingerprint density at radius 1 is 0.878 bits per heavy atom. The number of carbonyl (C=O) groups is 3. The molecule has 218 valence electrons. The number of thioether (sulfide) groups is 1. The lowest BCUT2D eigenvalue weighted by Crippen LogP contribution is -2.57. The SMILES string of the molecule is COc1ccc(-c2ccc(Cc3cc(C4O[C@H](OC(C)=O)[C@@H](OC(C)=O)[C@H](OC(C)=O)[C@H]4SC)ccc3C)s2)cc1. The van der Waals surface area contributed by atoms with E-state index in [1.165, 1.54) is 42.3 Å². The van der Waals surface area contributed by atoms with Crippen LogP contribution in [-0.2, 0) is 39.8 Å². The first-order chi connectivity index (χ1) is 19.6. The standard InChI is InChI=1S/C31H34O8S2/c1-17-7-8-22(15-23(17)16-25-13-14-26(41-25)21-9-11-24(35-5)12-10-21)27-30(40-6)28(36-18(2)32)29(37-19(3)33)31(39-27)38-20(4)34/h7-15,27-31H,16H2,1-6H3/t27?,28-,29-,30-,31-/m0/s1. The van der Waals surface area contributed by atoms with E-state index in [-0.39, 0.29) is 0 Å². The molecule has 8 nitrogen and oxygen atoms in total. The Hall–Kier alpha value is -3.34. The van der Waals surface area contributed by atoms with Crippen LogP contribution in [0.1, 0.15) is 48.4 Å². The summed E-state index contributed by atoms with van der Waals surface area (Å²) in [4.78, 5) is 38.3. The average Bonchev–Trinajstić information content (AvgIpc) is 3.39. The van der Waals surface area contributed by atoms with E-state index in [4.69, 9.17) is 23.7 Å². The molecule has 1 unspecified atom stereocenters. The molecular formula is C31H34O8S2. The molecule has 3 aromatic rings. The van der Waals surface area contributed by atoms with Crippen molar-refractivity contribution >= 4 is 41.0 Å². The highest BCUT2D eigenvalue weighted by atomic mass is 32.2. The topological polar surface area (TPSA) is 97.4 Å². The molecule has 1 aromatic heterocycles. The van der Waals surface area contributed by atoms with Gasteiger partial charge in [0.2, 0.25) is 12.4 Å². The number of carbonyl (C=O) groups excluding carboxylic acids is 3. The number of methoxy groups -OCH3 is 1. The van der Waals surface area contributed by atoms with Crippen molar-refractivity contribution in [3.63, 3.8) is 0 Å². The minimum Gasteiger partial charge on any atom is -0.497 e. The van der Waals surface area contributed by atoms with Crippen LogP contribution >= 0.6 is 23.1 Å². The largest absolute Gasteiger partial charge is 0.497 e. The summed E-state index contributed by atoms with van der Waals surface area (Å²) >= 11 is 3.16. The summed E-state index contributed by atoms with van der Waals surface area (Å²) < 4.78 is 28.1. The number of esters is 3. The second-order valence-electron chi connectivity index (χ2n) is 9.74. The highest BCUT2D eigenvalue weighted by molar-refractivity contribution is 7.99. The van der Waals surface area contributed by atoms with Gasteiger partial charge in [0, 0.05) is 36.9 Å². The fraction of sp³-hybridized carbons (Fsp3) is 0.387. The van der Waals surface area contributed by atoms with Gasteiger partial charge < -0.3 is 23.7 Å². The number of hydrogen-bond acceptors (Lipinski definition) is 10. The van der Waals surface area contributed by atoms with Gasteiger partial charge in [0.25, 0.3) is 0 Å². The van der Waals surface area contributed by atoms with E-state index in [9.17, 15) is 14.4 Å². The van der Waals surface area contributed by atoms with Crippen LogP contribution in [0.4, 0.5) is 0 Å². The summed E-state index contributed by atoms with van der Waals surface area (Å²) in [5.41, 5.74) is 4.20. The second kappa shape index (κ2) is 13.5. The number of thiophene rings is 1. The van der Waals surface area contributed by atoms with Crippen molar-refractivity contribution < 1.29 is 38.1 Å². The van der Waals surface area contributed by atoms with Gasteiger partial charge in [-0.15, -0.1) is 11.3 Å². The maximum absolute atomic E-state index is 12.1. The summed E-state index contributed by atoms with van der Waals surface area (Å²) in [5.74, 6) is -0.931. The van der Waals surface area contributed by atoms with Gasteiger partial charge >= 0.3 is 17.9 Å². The van der Waals surface area contributed by atoms with Crippen LogP contribution in [0.2, 0.25) is 0 Å². The van der Waals surface area contributed by atoms with Crippen LogP contribution in [0.5, 0.6) is 5.75 Å². The van der Waals surface area contributed by atoms with Gasteiger partial charge in [-0.25, -0.2) is 0 Å². The molecule has 2 heterocycles. The average molecular weight is 599 g/mol. The molecule has 0 spiro atoms. The number of hydrogen-bond donors (Lipinski definition) is 0. The predicted molar refractivity (Wildman–Crippen MR) is 158 cm³/mol. The summed E-state index contributed by atoms with van der Waals surface area (Å²) in [7, 11) is 1.65. The number of aryl methyl sites for hydroxylation is 1. The number of rotatable bonds is 9. The Bertz CT molecular complexity index is 1380. The molecule has 2 aromatic carbocycles. The van der Waals surface area contributed by atoms with Crippen molar-refractivity contribution in [1.82, 2.24) is 0 Å². The Morgan fingerprint density at radius 3 is 2.15 bits per heavy atom. The van der Waals surface area contributed by atoms with E-state index < -0.39 is 47.8 Å². The predicted octanol–water partition coefficient (Wildman–Crippen LogP) is 5.88. The van der Waals surface area contributed by atoms with Gasteiger partial charge in [-0.05, 0) is 71.8 Å². The lowest BCUT2D eigenvalue weighted by molar-refractivity contribution is -0.266. The third-order valence-electron chi connectivity index (χ3n) is 6.76. The highest BCUT2D eigenvalue weighted by Crippen LogP contribution is 2.42. The van der Waals surface area contributed by atoms with E-state index in [0.29, 0.717) is 6.42 Å². The molecule has 0 bridgehead atoms. The molecule has 1 aliphatic heterocycles. The minimum atomic E-state index is -1.25. The third kappa shape index (κ3) is 7.49. The summed E-state index contributed by atoms with van der Waals surface area (Å²) in [6.07, 6.45) is -1.28. The Labute approximate surface area is 248 Å². The van der Waals surface area contributed by atoms with Crippen molar-refractivity contribution in [2.24, 2.45) is 0 Å². The molecule has 0 N–H and O–H groups in total. The van der Waals surface area contributed by atoms with Crippen molar-refractivity contribution in [2.75, 3.05) is 13.4 Å². The van der Waals surface area contributed by atoms with Gasteiger partial charge in [-0.2, -0.15) is 11.8 Å². The van der Waals surface area contributed by atoms with Crippen LogP contribution in [0.15, 0.2) is 54.6 Å². The van der Waals surface area contributed by atoms with Gasteiger partial charge in [0.15, 0.2) is 6.10 Å². The van der Waals surface area contributed by atoms with Gasteiger partial charge in [-0.3, -0.25) is 14.4 Å². The number of benzene rings is 2. The fourth-order valence-electron chi connectivity index (χ4n) is 4.87. The number of ether oxygens (including phenoxy) is 5. The zero-order valence-corrected chi connectivity index (χ0v) is 25.5. The highest BCUT2D eigenvalue weighted by Gasteiger charge is 2.51. The summed E-state index contributed by atoms with van der Waals surface area (Å²) in [5, 5.41) is -0.436. The van der Waals surface area contributed by atoms with Crippen LogP contribution in [-0.4, -0.2) is 55.0 Å². The molecule has 1 saturated heterocycles. The molecule has 1 fully saturated rings. The van der Waals surface area contributed by atoms with Crippen molar-refractivity contribution in [1.29, 1.82) is 0 Å². The maximum atomic E-state index is 12.1. The fourth-order valence-corrected chi connectivity index (χ4v) is 6.85. The molecule has 0 amide bonds. The van der Waals surface area contributed by atoms with Crippen LogP contribution in [0, 0.1) is 6.92 Å². The molecule has 0 radical (unpaired) electrons. The lowest BCUT2D eigenvalue weighted by Gasteiger charge is -2.44. The first-order valence-electron chi connectivity index (χ1n) is 13.1. The maximum Gasteiger partial charge on any atom is 0.305 e. The van der Waals surface area contributed by atoms with Gasteiger partial charge in [-0.1, -0.05) is 18.2 Å². The Kier molecular flexibility index (Phi) is 10.1. The lowest BCUT2D eigenvalue weighted by atomic mass is 9.92. The molecule has 41 heavy (non-hydrogen) atoms. The van der Waals surface area contributed by atoms with Crippen molar-refractivity contribution in [3.8, 4) is 16.2 Å². The molecule has 0 aliphatic carbocycles. The second-order valence-corrected chi connectivity index (χ2v) is 11.9. The Morgan fingerprint density at radius 2 is 1.54 bits per heavy atom. The zero-order valence-electron chi connectivity index (χ0n) is 23.9. The smallest absolute Gasteiger partial charge is 0.305 e. The van der Waals surface area contributed by atoms with Gasteiger partial charge in [0.1, 0.15) is 11.9 Å². The molecule has 1 aliphatic rings. The molecule has 10 heteroatoms. The van der Waals surface area contributed by atoms with Crippen LogP contribution in [0.25, 0.3) is 10.4 Å². The van der Waals surface area contributed by atoms with Crippen molar-refractivity contribution in [2.45, 2.75) is 64.0 Å². The summed E-state index contributed by atoms with van der Waals surface area (Å²) in [6, 6.07) is 18.3. The monoisotopic (exact) mass is 598 g/mol. The van der Waals surface area contributed by atoms with E-state index in [0.717, 1.165) is 28.0 Å². The molecule has 5 atom stereocenters. The molecule has 0 saturated carbocycles. The third-order valence-corrected chi connectivity index (χ3v) is 8.95. The van der Waals surface area contributed by atoms with Gasteiger partial charge in [0.05, 0.1) is 12.4 Å². The normalized spacial score (nSPS) is 22.0. The van der Waals surface area contributed by atoms with E-state index in [1.807, 2.05) is 42.7 Å². The summed E-state index contributed by atoms with van der Waals surface area (Å²) in [6.45, 7) is 5.84. The minimum absolute atomic E-state index is 0.436. The van der Waals surface area contributed by atoms with Crippen molar-refractivity contribution in [3.05, 3.63) is 76.2 Å². The first-order valence-corrected chi connectivity index (χ1v) is 15.2. The first kappa shape index (κ1) is 30.6. The van der Waals surface area contributed by atoms with E-state index in [2.05, 4.69) is 25.1 Å². The van der Waals surface area contributed by atoms with E-state index in [1.54, 1.807) is 18.4 Å². The molecule has 4 rings (SSSR count). The zero-order chi connectivity index (χ0) is 29.7. The van der Waals surface area contributed by atoms with Crippen LogP contribution < -0.4 is 4.74 Å². The van der Waals surface area contributed by atoms with E-state index >= 15 is 0 Å². The molecular weight excluding hydrogens is 564 g/mol.